The predicted molar refractivity (Wildman–Crippen MR) is 56.1 cm³/mol. The molecule has 0 saturated heterocycles. The Balaban J connectivity index is 2.49. The van der Waals surface area contributed by atoms with Crippen LogP contribution in [0.3, 0.4) is 0 Å². The minimum atomic E-state index is -4.55. The topological polar surface area (TPSA) is 9.23 Å². The maximum absolute atomic E-state index is 11.9. The summed E-state index contributed by atoms with van der Waals surface area (Å²) in [7, 11) is 0. The first-order valence-corrected chi connectivity index (χ1v) is 5.18. The van der Waals surface area contributed by atoms with E-state index in [9.17, 15) is 13.2 Å². The van der Waals surface area contributed by atoms with Crippen LogP contribution in [0.5, 0.6) is 0 Å². The van der Waals surface area contributed by atoms with E-state index in [2.05, 4.69) is 4.74 Å². The summed E-state index contributed by atoms with van der Waals surface area (Å²) in [5.74, 6) is 0.0542. The van der Waals surface area contributed by atoms with Crippen molar-refractivity contribution in [3.63, 3.8) is 0 Å². The molecule has 0 radical (unpaired) electrons. The largest absolute Gasteiger partial charge is 0.522 e. The number of rotatable bonds is 4. The van der Waals surface area contributed by atoms with Gasteiger partial charge < -0.3 is 0 Å². The molecule has 0 saturated carbocycles. The van der Waals surface area contributed by atoms with E-state index in [4.69, 9.17) is 0 Å². The second-order valence-corrected chi connectivity index (χ2v) is 3.92. The first-order chi connectivity index (χ1) is 7.38. The Morgan fingerprint density at radius 2 is 1.69 bits per heavy atom. The van der Waals surface area contributed by atoms with Gasteiger partial charge >= 0.3 is 6.36 Å². The second-order valence-electron chi connectivity index (χ2n) is 3.92. The predicted octanol–water partition coefficient (Wildman–Crippen LogP) is 4.11. The van der Waals surface area contributed by atoms with Crippen LogP contribution in [0.2, 0.25) is 0 Å². The van der Waals surface area contributed by atoms with Crippen LogP contribution >= 0.6 is 0 Å². The maximum atomic E-state index is 11.9. The Morgan fingerprint density at radius 1 is 1.12 bits per heavy atom. The highest BCUT2D eigenvalue weighted by Gasteiger charge is 2.32. The molecular weight excluding hydrogens is 217 g/mol. The van der Waals surface area contributed by atoms with Crippen molar-refractivity contribution in [1.29, 1.82) is 0 Å². The fourth-order valence-electron chi connectivity index (χ4n) is 1.69. The molecule has 0 aliphatic rings. The lowest BCUT2D eigenvalue weighted by atomic mass is 9.96. The smallest absolute Gasteiger partial charge is 0.289 e. The molecule has 2 unspecified atom stereocenters. The highest BCUT2D eigenvalue weighted by atomic mass is 19.4. The van der Waals surface area contributed by atoms with Gasteiger partial charge in [0.1, 0.15) is 0 Å². The van der Waals surface area contributed by atoms with Crippen LogP contribution in [-0.2, 0) is 4.74 Å². The SMILES string of the molecule is CC(CC(C)c1ccccc1)OC(F)(F)F. The Kier molecular flexibility index (Phi) is 4.35. The van der Waals surface area contributed by atoms with Crippen LogP contribution in [0.1, 0.15) is 31.7 Å². The first kappa shape index (κ1) is 13.0. The number of benzene rings is 1. The lowest BCUT2D eigenvalue weighted by Gasteiger charge is -2.19. The highest BCUT2D eigenvalue weighted by Crippen LogP contribution is 2.26. The summed E-state index contributed by atoms with van der Waals surface area (Å²) >= 11 is 0. The van der Waals surface area contributed by atoms with Crippen molar-refractivity contribution in [3.8, 4) is 0 Å². The normalized spacial score (nSPS) is 15.8. The van der Waals surface area contributed by atoms with Crippen LogP contribution in [0, 0.1) is 0 Å². The molecule has 1 nitrogen and oxygen atoms in total. The number of hydrogen-bond acceptors (Lipinski definition) is 1. The van der Waals surface area contributed by atoms with Crippen molar-refractivity contribution < 1.29 is 17.9 Å². The molecule has 1 aromatic carbocycles. The Bertz CT molecular complexity index is 308. The van der Waals surface area contributed by atoms with Gasteiger partial charge in [0.2, 0.25) is 0 Å². The zero-order chi connectivity index (χ0) is 12.2. The van der Waals surface area contributed by atoms with Gasteiger partial charge in [-0.05, 0) is 24.8 Å². The molecule has 2 atom stereocenters. The molecule has 0 aliphatic heterocycles. The summed E-state index contributed by atoms with van der Waals surface area (Å²) in [4.78, 5) is 0. The molecule has 4 heteroatoms. The van der Waals surface area contributed by atoms with E-state index in [0.29, 0.717) is 6.42 Å². The number of hydrogen-bond donors (Lipinski definition) is 0. The van der Waals surface area contributed by atoms with Crippen molar-refractivity contribution in [2.75, 3.05) is 0 Å². The molecular formula is C12H15F3O. The lowest BCUT2D eigenvalue weighted by Crippen LogP contribution is -2.22. The third-order valence-corrected chi connectivity index (χ3v) is 2.39. The van der Waals surface area contributed by atoms with Gasteiger partial charge in [-0.25, -0.2) is 0 Å². The molecule has 0 heterocycles. The first-order valence-electron chi connectivity index (χ1n) is 5.18. The summed E-state index contributed by atoms with van der Waals surface area (Å²) in [6.07, 6.45) is -5.02. The average molecular weight is 232 g/mol. The van der Waals surface area contributed by atoms with E-state index in [0.717, 1.165) is 5.56 Å². The third kappa shape index (κ3) is 4.66. The Morgan fingerprint density at radius 3 is 2.19 bits per heavy atom. The van der Waals surface area contributed by atoms with Gasteiger partial charge in [0.05, 0.1) is 6.10 Å². The maximum Gasteiger partial charge on any atom is 0.522 e. The minimum absolute atomic E-state index is 0.0542. The van der Waals surface area contributed by atoms with Crippen LogP contribution in [0.4, 0.5) is 13.2 Å². The highest BCUT2D eigenvalue weighted by molar-refractivity contribution is 5.18. The van der Waals surface area contributed by atoms with Crippen molar-refractivity contribution in [3.05, 3.63) is 35.9 Å². The molecule has 1 rings (SSSR count). The molecule has 0 aliphatic carbocycles. The summed E-state index contributed by atoms with van der Waals surface area (Å²) in [5.41, 5.74) is 1.03. The molecule has 0 fully saturated rings. The van der Waals surface area contributed by atoms with E-state index in [1.807, 2.05) is 37.3 Å². The van der Waals surface area contributed by atoms with E-state index >= 15 is 0 Å². The van der Waals surface area contributed by atoms with Crippen molar-refractivity contribution >= 4 is 0 Å². The minimum Gasteiger partial charge on any atom is -0.289 e. The standard InChI is InChI=1S/C12H15F3O/c1-9(11-6-4-3-5-7-11)8-10(2)16-12(13,14)15/h3-7,9-10H,8H2,1-2H3. The van der Waals surface area contributed by atoms with Crippen molar-refractivity contribution in [2.45, 2.75) is 38.7 Å². The van der Waals surface area contributed by atoms with Gasteiger partial charge in [-0.3, -0.25) is 4.74 Å². The van der Waals surface area contributed by atoms with Gasteiger partial charge in [-0.2, -0.15) is 0 Å². The zero-order valence-electron chi connectivity index (χ0n) is 9.29. The summed E-state index contributed by atoms with van der Waals surface area (Å²) in [6, 6.07) is 9.45. The number of ether oxygens (including phenoxy) is 1. The van der Waals surface area contributed by atoms with Gasteiger partial charge in [0, 0.05) is 0 Å². The molecule has 0 bridgehead atoms. The zero-order valence-corrected chi connectivity index (χ0v) is 9.29. The van der Waals surface area contributed by atoms with Gasteiger partial charge in [0.15, 0.2) is 0 Å². The summed E-state index contributed by atoms with van der Waals surface area (Å²) < 4.78 is 39.7. The Hall–Kier alpha value is -1.03. The number of halogens is 3. The fraction of sp³-hybridized carbons (Fsp3) is 0.500. The van der Waals surface area contributed by atoms with Gasteiger partial charge in [-0.15, -0.1) is 13.2 Å². The van der Waals surface area contributed by atoms with Gasteiger partial charge in [-0.1, -0.05) is 37.3 Å². The average Bonchev–Trinajstić information content (AvgIpc) is 2.16. The molecule has 0 amide bonds. The van der Waals surface area contributed by atoms with E-state index in [-0.39, 0.29) is 5.92 Å². The van der Waals surface area contributed by atoms with Crippen LogP contribution < -0.4 is 0 Å². The molecule has 0 aromatic heterocycles. The van der Waals surface area contributed by atoms with E-state index < -0.39 is 12.5 Å². The van der Waals surface area contributed by atoms with Crippen molar-refractivity contribution in [2.24, 2.45) is 0 Å². The lowest BCUT2D eigenvalue weighted by molar-refractivity contribution is -0.341. The van der Waals surface area contributed by atoms with E-state index in [1.165, 1.54) is 6.92 Å². The van der Waals surface area contributed by atoms with Crippen LogP contribution in [0.25, 0.3) is 0 Å². The summed E-state index contributed by atoms with van der Waals surface area (Å²) in [6.45, 7) is 3.33. The van der Waals surface area contributed by atoms with Crippen LogP contribution in [-0.4, -0.2) is 12.5 Å². The number of alkyl halides is 3. The summed E-state index contributed by atoms with van der Waals surface area (Å²) in [5, 5.41) is 0. The molecule has 90 valence electrons. The monoisotopic (exact) mass is 232 g/mol. The Labute approximate surface area is 93.2 Å². The quantitative estimate of drug-likeness (QED) is 0.759. The molecule has 16 heavy (non-hydrogen) atoms. The van der Waals surface area contributed by atoms with Crippen molar-refractivity contribution in [1.82, 2.24) is 0 Å². The molecule has 0 spiro atoms. The fourth-order valence-corrected chi connectivity index (χ4v) is 1.69. The molecule has 0 N–H and O–H groups in total. The second kappa shape index (κ2) is 5.34. The van der Waals surface area contributed by atoms with Crippen LogP contribution in [0.15, 0.2) is 30.3 Å². The van der Waals surface area contributed by atoms with Gasteiger partial charge in [0.25, 0.3) is 0 Å². The molecule has 1 aromatic rings. The van der Waals surface area contributed by atoms with E-state index in [1.54, 1.807) is 0 Å². The third-order valence-electron chi connectivity index (χ3n) is 2.39.